The molecule has 0 unspecified atom stereocenters. The van der Waals surface area contributed by atoms with Crippen molar-refractivity contribution in [1.29, 1.82) is 0 Å². The Hall–Kier alpha value is -5.97. The minimum absolute atomic E-state index is 0. The SMILES string of the molecule is Cn1[cH+]n(-c2[c-]c(Oc3[c-]c4c(cc3)c3cc(-n5c6ccccc6c6ccccc65)ccc3n4-c3cc(C(C)(C)C)ccn3)ccc2)c2ccccc21.[Pt]. The third kappa shape index (κ3) is 5.44. The van der Waals surface area contributed by atoms with Gasteiger partial charge in [0.2, 0.25) is 0 Å². The smallest absolute Gasteiger partial charge is 0.188 e. The van der Waals surface area contributed by atoms with Gasteiger partial charge in [0, 0.05) is 85.6 Å². The van der Waals surface area contributed by atoms with Crippen LogP contribution < -0.4 is 4.74 Å². The van der Waals surface area contributed by atoms with E-state index in [0.29, 0.717) is 11.5 Å². The number of hydrogen-bond donors (Lipinski definition) is 0. The van der Waals surface area contributed by atoms with Crippen LogP contribution in [0.1, 0.15) is 26.3 Å². The van der Waals surface area contributed by atoms with Crippen LogP contribution >= 0.6 is 0 Å². The number of imidazole rings is 1. The van der Waals surface area contributed by atoms with E-state index in [0.717, 1.165) is 50.0 Å². The Morgan fingerprint density at radius 3 is 2.00 bits per heavy atom. The Bertz CT molecular complexity index is 3000. The van der Waals surface area contributed by atoms with Gasteiger partial charge in [-0.05, 0) is 71.0 Å². The van der Waals surface area contributed by atoms with Gasteiger partial charge in [-0.3, -0.25) is 0 Å². The third-order valence-electron chi connectivity index (χ3n) is 10.4. The van der Waals surface area contributed by atoms with Crippen LogP contribution in [0.2, 0.25) is 0 Å². The molecule has 0 saturated carbocycles. The molecule has 0 amide bonds. The first-order valence-corrected chi connectivity index (χ1v) is 17.9. The van der Waals surface area contributed by atoms with Crippen LogP contribution in [0.5, 0.6) is 11.5 Å². The van der Waals surface area contributed by atoms with Crippen LogP contribution in [0.25, 0.3) is 71.8 Å². The molecule has 10 aromatic rings. The summed E-state index contributed by atoms with van der Waals surface area (Å²) in [5.74, 6) is 2.06. The fourth-order valence-electron chi connectivity index (χ4n) is 7.77. The van der Waals surface area contributed by atoms with Crippen molar-refractivity contribution in [3.63, 3.8) is 0 Å². The minimum Gasteiger partial charge on any atom is -0.508 e. The zero-order valence-electron chi connectivity index (χ0n) is 30.3. The summed E-state index contributed by atoms with van der Waals surface area (Å²) in [6, 6.07) is 53.9. The zero-order chi connectivity index (χ0) is 35.8. The number of pyridine rings is 1. The summed E-state index contributed by atoms with van der Waals surface area (Å²) in [6.07, 6.45) is 3.98. The van der Waals surface area contributed by atoms with E-state index in [-0.39, 0.29) is 26.5 Å². The van der Waals surface area contributed by atoms with E-state index in [1.165, 1.54) is 27.4 Å². The maximum absolute atomic E-state index is 6.54. The van der Waals surface area contributed by atoms with E-state index in [9.17, 15) is 0 Å². The third-order valence-corrected chi connectivity index (χ3v) is 10.4. The molecule has 0 aliphatic rings. The average Bonchev–Trinajstić information content (AvgIpc) is 3.81. The van der Waals surface area contributed by atoms with Gasteiger partial charge in [-0.2, -0.15) is 12.1 Å². The van der Waals surface area contributed by atoms with E-state index in [1.807, 2.05) is 30.5 Å². The number of benzene rings is 6. The maximum atomic E-state index is 6.54. The quantitative estimate of drug-likeness (QED) is 0.162. The van der Waals surface area contributed by atoms with Crippen molar-refractivity contribution >= 4 is 54.6 Å². The number of ether oxygens (including phenoxy) is 1. The Labute approximate surface area is 327 Å². The van der Waals surface area contributed by atoms with Gasteiger partial charge >= 0.3 is 0 Å². The predicted octanol–water partition coefficient (Wildman–Crippen LogP) is 11.5. The van der Waals surface area contributed by atoms with Crippen LogP contribution in [0, 0.1) is 12.1 Å². The van der Waals surface area contributed by atoms with Crippen LogP contribution in [-0.2, 0) is 33.5 Å². The number of nitrogens with zero attached hydrogens (tertiary/aromatic N) is 5. The molecule has 0 bridgehead atoms. The Morgan fingerprint density at radius 1 is 0.593 bits per heavy atom. The fraction of sp³-hybridized carbons (Fsp3) is 0.106. The van der Waals surface area contributed by atoms with Gasteiger partial charge in [-0.15, -0.1) is 29.7 Å². The normalized spacial score (nSPS) is 11.9. The number of hydrogen-bond acceptors (Lipinski definition) is 2. The molecule has 54 heavy (non-hydrogen) atoms. The van der Waals surface area contributed by atoms with E-state index in [1.54, 1.807) is 0 Å². The van der Waals surface area contributed by atoms with Crippen molar-refractivity contribution in [1.82, 2.24) is 23.3 Å². The molecule has 0 spiro atoms. The molecular formula is C47H36N5OPt-. The summed E-state index contributed by atoms with van der Waals surface area (Å²) in [7, 11) is 2.06. The molecule has 0 atom stereocenters. The molecule has 0 fully saturated rings. The standard InChI is InChI=1S/C47H36N5O.Pt/c1-47(2,3)31-24-25-48-46(26-31)52-42-23-20-33(51-40-16-7-5-14-36(40)37-15-6-8-17-41(37)51)28-39(42)38-22-21-35(29-45(38)52)53-34-13-11-12-32(27-34)50-30-49(4)43-18-9-10-19-44(43)50;/h5-26,28,30H,1-4H3;/q-1;. The zero-order valence-corrected chi connectivity index (χ0v) is 32.6. The largest absolute Gasteiger partial charge is 0.508 e. The number of aromatic nitrogens is 5. The van der Waals surface area contributed by atoms with Crippen molar-refractivity contribution in [3.8, 4) is 28.7 Å². The fourth-order valence-corrected chi connectivity index (χ4v) is 7.77. The van der Waals surface area contributed by atoms with Gasteiger partial charge in [-0.1, -0.05) is 68.8 Å². The number of para-hydroxylation sites is 4. The van der Waals surface area contributed by atoms with Crippen molar-refractivity contribution in [2.75, 3.05) is 0 Å². The molecule has 4 heterocycles. The molecule has 10 rings (SSSR count). The summed E-state index contributed by atoms with van der Waals surface area (Å²) in [4.78, 5) is 4.92. The average molecular weight is 882 g/mol. The van der Waals surface area contributed by atoms with E-state index < -0.39 is 0 Å². The predicted molar refractivity (Wildman–Crippen MR) is 216 cm³/mol. The first-order chi connectivity index (χ1) is 25.8. The molecule has 0 N–H and O–H groups in total. The topological polar surface area (TPSA) is 41.8 Å². The van der Waals surface area contributed by atoms with E-state index in [2.05, 4.69) is 174 Å². The van der Waals surface area contributed by atoms with Crippen LogP contribution in [0.4, 0.5) is 0 Å². The van der Waals surface area contributed by atoms with E-state index >= 15 is 0 Å². The number of rotatable bonds is 5. The Balaban J connectivity index is 0.00000384. The Kier molecular flexibility index (Phi) is 8.06. The van der Waals surface area contributed by atoms with Crippen LogP contribution in [-0.4, -0.2) is 23.3 Å². The molecule has 6 aromatic carbocycles. The molecule has 4 aromatic heterocycles. The molecule has 266 valence electrons. The van der Waals surface area contributed by atoms with Gasteiger partial charge in [0.25, 0.3) is 0 Å². The molecule has 0 saturated heterocycles. The molecule has 7 heteroatoms. The van der Waals surface area contributed by atoms with Crippen molar-refractivity contribution in [3.05, 3.63) is 164 Å². The molecule has 0 radical (unpaired) electrons. The van der Waals surface area contributed by atoms with Crippen LogP contribution in [0.15, 0.2) is 146 Å². The first-order valence-electron chi connectivity index (χ1n) is 17.9. The second kappa shape index (κ2) is 12.9. The summed E-state index contributed by atoms with van der Waals surface area (Å²) < 4.78 is 15.4. The maximum Gasteiger partial charge on any atom is 0.188 e. The van der Waals surface area contributed by atoms with Gasteiger partial charge < -0.3 is 13.9 Å². The molecule has 0 aliphatic heterocycles. The second-order valence-electron chi connectivity index (χ2n) is 14.7. The van der Waals surface area contributed by atoms with Crippen LogP contribution in [0.3, 0.4) is 0 Å². The summed E-state index contributed by atoms with van der Waals surface area (Å²) in [5, 5.41) is 4.67. The van der Waals surface area contributed by atoms with Gasteiger partial charge in [0.1, 0.15) is 5.82 Å². The Morgan fingerprint density at radius 2 is 1.26 bits per heavy atom. The first kappa shape index (κ1) is 33.8. The number of fused-ring (bicyclic) bond motifs is 7. The van der Waals surface area contributed by atoms with E-state index in [4.69, 9.17) is 9.72 Å². The summed E-state index contributed by atoms with van der Waals surface area (Å²) in [5.41, 5.74) is 9.73. The second-order valence-corrected chi connectivity index (χ2v) is 14.7. The van der Waals surface area contributed by atoms with Crippen molar-refractivity contribution in [2.45, 2.75) is 26.2 Å². The van der Waals surface area contributed by atoms with Gasteiger partial charge in [0.15, 0.2) is 17.4 Å². The van der Waals surface area contributed by atoms with Crippen molar-refractivity contribution in [2.24, 2.45) is 7.05 Å². The summed E-state index contributed by atoms with van der Waals surface area (Å²) in [6.45, 7) is 6.69. The molecule has 6 nitrogen and oxygen atoms in total. The molecular weight excluding hydrogens is 846 g/mol. The van der Waals surface area contributed by atoms with Crippen molar-refractivity contribution < 1.29 is 25.8 Å². The molecule has 0 aliphatic carbocycles. The monoisotopic (exact) mass is 881 g/mol. The van der Waals surface area contributed by atoms with Gasteiger partial charge in [0.05, 0.1) is 11.0 Å². The summed E-state index contributed by atoms with van der Waals surface area (Å²) >= 11 is 0. The minimum atomic E-state index is -0.0406. The van der Waals surface area contributed by atoms with Gasteiger partial charge in [-0.25, -0.2) is 14.1 Å². The number of aryl methyl sites for hydroxylation is 1.